The molecule has 0 aliphatic carbocycles. The van der Waals surface area contributed by atoms with Gasteiger partial charge in [-0.25, -0.2) is 0 Å². The molecule has 6 heteroatoms. The van der Waals surface area contributed by atoms with Crippen molar-refractivity contribution in [3.63, 3.8) is 0 Å². The lowest BCUT2D eigenvalue weighted by Crippen LogP contribution is -2.40. The van der Waals surface area contributed by atoms with Crippen molar-refractivity contribution in [3.05, 3.63) is 29.8 Å². The maximum atomic E-state index is 9.31. The van der Waals surface area contributed by atoms with Crippen molar-refractivity contribution >= 4 is 5.96 Å². The number of nitrogens with one attached hydrogen (secondary N) is 2. The molecule has 1 unspecified atom stereocenters. The highest BCUT2D eigenvalue weighted by Crippen LogP contribution is 2.32. The molecule has 0 amide bonds. The van der Waals surface area contributed by atoms with Gasteiger partial charge in [-0.2, -0.15) is 0 Å². The molecular formula is C19H31N3O3. The van der Waals surface area contributed by atoms with Gasteiger partial charge in [0.1, 0.15) is 12.4 Å². The Balaban J connectivity index is 1.80. The molecule has 1 heterocycles. The molecule has 1 atom stereocenters. The Kier molecular flexibility index (Phi) is 8.01. The zero-order valence-corrected chi connectivity index (χ0v) is 15.4. The van der Waals surface area contributed by atoms with Crippen molar-refractivity contribution in [3.8, 4) is 5.75 Å². The van der Waals surface area contributed by atoms with Gasteiger partial charge in [0.05, 0.1) is 19.7 Å². The van der Waals surface area contributed by atoms with Crippen LogP contribution in [-0.2, 0) is 4.74 Å². The first-order valence-corrected chi connectivity index (χ1v) is 9.08. The number of hydrogen-bond acceptors (Lipinski definition) is 4. The molecule has 6 nitrogen and oxygen atoms in total. The van der Waals surface area contributed by atoms with Crippen molar-refractivity contribution < 1.29 is 14.6 Å². The fourth-order valence-corrected chi connectivity index (χ4v) is 2.92. The van der Waals surface area contributed by atoms with Crippen molar-refractivity contribution in [1.82, 2.24) is 10.6 Å². The van der Waals surface area contributed by atoms with Crippen LogP contribution in [0.15, 0.2) is 29.3 Å². The largest absolute Gasteiger partial charge is 0.492 e. The number of hydrogen-bond donors (Lipinski definition) is 3. The summed E-state index contributed by atoms with van der Waals surface area (Å²) in [5.41, 5.74) is 1.16. The molecule has 1 aliphatic rings. The summed E-state index contributed by atoms with van der Waals surface area (Å²) in [6.45, 7) is 8.39. The van der Waals surface area contributed by atoms with Crippen molar-refractivity contribution in [2.75, 3.05) is 46.1 Å². The summed E-state index contributed by atoms with van der Waals surface area (Å²) in [4.78, 5) is 4.69. The van der Waals surface area contributed by atoms with Gasteiger partial charge in [0.2, 0.25) is 0 Å². The predicted molar refractivity (Wildman–Crippen MR) is 100 cm³/mol. The van der Waals surface area contributed by atoms with Crippen LogP contribution in [0.1, 0.15) is 25.3 Å². The maximum absolute atomic E-state index is 9.31. The first kappa shape index (κ1) is 19.5. The lowest BCUT2D eigenvalue weighted by molar-refractivity contribution is 0.131. The molecule has 0 radical (unpaired) electrons. The third-order valence-electron chi connectivity index (χ3n) is 4.40. The number of guanidine groups is 1. The van der Waals surface area contributed by atoms with E-state index in [1.807, 2.05) is 25.1 Å². The van der Waals surface area contributed by atoms with Gasteiger partial charge in [-0.15, -0.1) is 0 Å². The van der Waals surface area contributed by atoms with E-state index in [4.69, 9.17) is 14.5 Å². The number of aliphatic imine (C=N–C) groups is 1. The summed E-state index contributed by atoms with van der Waals surface area (Å²) in [7, 11) is 0. The Hall–Kier alpha value is -1.79. The van der Waals surface area contributed by atoms with Crippen LogP contribution in [0, 0.1) is 12.3 Å². The summed E-state index contributed by atoms with van der Waals surface area (Å²) in [5, 5.41) is 15.9. The minimum atomic E-state index is -0.0326. The highest BCUT2D eigenvalue weighted by molar-refractivity contribution is 5.79. The summed E-state index contributed by atoms with van der Waals surface area (Å²) in [5.74, 6) is 1.66. The Bertz CT molecular complexity index is 542. The molecule has 1 fully saturated rings. The third-order valence-corrected chi connectivity index (χ3v) is 4.40. The first-order valence-electron chi connectivity index (χ1n) is 9.08. The van der Waals surface area contributed by atoms with Crippen LogP contribution in [0.25, 0.3) is 0 Å². The van der Waals surface area contributed by atoms with Crippen molar-refractivity contribution in [1.29, 1.82) is 0 Å². The van der Waals surface area contributed by atoms with Crippen molar-refractivity contribution in [2.45, 2.75) is 26.7 Å². The predicted octanol–water partition coefficient (Wildman–Crippen LogP) is 1.72. The van der Waals surface area contributed by atoms with E-state index in [0.29, 0.717) is 26.3 Å². The normalized spacial score (nSPS) is 20.5. The molecule has 0 spiro atoms. The molecule has 140 valence electrons. The zero-order chi connectivity index (χ0) is 18.0. The van der Waals surface area contributed by atoms with Gasteiger partial charge in [0, 0.05) is 25.2 Å². The quantitative estimate of drug-likeness (QED) is 0.360. The van der Waals surface area contributed by atoms with E-state index in [2.05, 4.69) is 23.6 Å². The monoisotopic (exact) mass is 349 g/mol. The number of aryl methyl sites for hydroxylation is 1. The van der Waals surface area contributed by atoms with E-state index in [-0.39, 0.29) is 12.0 Å². The lowest BCUT2D eigenvalue weighted by Gasteiger charge is -2.24. The standard InChI is InChI=1S/C19H31N3O3/c1-3-20-18(22-14-19(7-10-23)8-11-24-15-19)21-9-12-25-17-6-4-5-16(2)13-17/h4-6,13,23H,3,7-12,14-15H2,1-2H3,(H2,20,21,22). The number of ether oxygens (including phenoxy) is 2. The molecular weight excluding hydrogens is 318 g/mol. The second-order valence-electron chi connectivity index (χ2n) is 6.56. The summed E-state index contributed by atoms with van der Waals surface area (Å²) in [6, 6.07) is 8.03. The minimum absolute atomic E-state index is 0.0326. The lowest BCUT2D eigenvalue weighted by atomic mass is 9.84. The molecule has 25 heavy (non-hydrogen) atoms. The van der Waals surface area contributed by atoms with E-state index < -0.39 is 0 Å². The number of aliphatic hydroxyl groups excluding tert-OH is 1. The number of benzene rings is 1. The SMILES string of the molecule is CCNC(=NCC1(CCO)CCOC1)NCCOc1cccc(C)c1. The van der Waals surface area contributed by atoms with Gasteiger partial charge in [-0.05, 0) is 44.4 Å². The zero-order valence-electron chi connectivity index (χ0n) is 15.4. The van der Waals surface area contributed by atoms with Gasteiger partial charge in [0.15, 0.2) is 5.96 Å². The number of aliphatic hydroxyl groups is 1. The molecule has 1 aromatic carbocycles. The molecule has 0 saturated carbocycles. The van der Waals surface area contributed by atoms with E-state index in [1.165, 1.54) is 5.56 Å². The molecule has 0 aromatic heterocycles. The van der Waals surface area contributed by atoms with Crippen LogP contribution >= 0.6 is 0 Å². The Morgan fingerprint density at radius 2 is 2.28 bits per heavy atom. The van der Waals surface area contributed by atoms with Gasteiger partial charge in [-0.1, -0.05) is 12.1 Å². The smallest absolute Gasteiger partial charge is 0.191 e. The molecule has 1 aliphatic heterocycles. The molecule has 1 aromatic rings. The second kappa shape index (κ2) is 10.3. The van der Waals surface area contributed by atoms with Gasteiger partial charge >= 0.3 is 0 Å². The highest BCUT2D eigenvalue weighted by Gasteiger charge is 2.34. The van der Waals surface area contributed by atoms with Crippen LogP contribution in [0.3, 0.4) is 0 Å². The Morgan fingerprint density at radius 3 is 2.96 bits per heavy atom. The number of nitrogens with zero attached hydrogens (tertiary/aromatic N) is 1. The second-order valence-corrected chi connectivity index (χ2v) is 6.56. The summed E-state index contributed by atoms with van der Waals surface area (Å²) < 4.78 is 11.3. The average Bonchev–Trinajstić information content (AvgIpc) is 3.06. The first-order chi connectivity index (χ1) is 12.2. The number of rotatable bonds is 9. The Morgan fingerprint density at radius 1 is 1.40 bits per heavy atom. The van der Waals surface area contributed by atoms with Gasteiger partial charge in [-0.3, -0.25) is 4.99 Å². The Labute approximate surface area is 150 Å². The van der Waals surface area contributed by atoms with Crippen LogP contribution in [-0.4, -0.2) is 57.1 Å². The fraction of sp³-hybridized carbons (Fsp3) is 0.632. The molecule has 1 saturated heterocycles. The van der Waals surface area contributed by atoms with E-state index in [9.17, 15) is 5.11 Å². The molecule has 2 rings (SSSR count). The summed E-state index contributed by atoms with van der Waals surface area (Å²) >= 11 is 0. The van der Waals surface area contributed by atoms with E-state index in [1.54, 1.807) is 0 Å². The van der Waals surface area contributed by atoms with Crippen LogP contribution in [0.2, 0.25) is 0 Å². The van der Waals surface area contributed by atoms with E-state index >= 15 is 0 Å². The minimum Gasteiger partial charge on any atom is -0.492 e. The maximum Gasteiger partial charge on any atom is 0.191 e. The summed E-state index contributed by atoms with van der Waals surface area (Å²) in [6.07, 6.45) is 1.68. The highest BCUT2D eigenvalue weighted by atomic mass is 16.5. The fourth-order valence-electron chi connectivity index (χ4n) is 2.92. The third kappa shape index (κ3) is 6.55. The average molecular weight is 349 g/mol. The van der Waals surface area contributed by atoms with Crippen LogP contribution < -0.4 is 15.4 Å². The van der Waals surface area contributed by atoms with Gasteiger partial charge in [0.25, 0.3) is 0 Å². The van der Waals surface area contributed by atoms with E-state index in [0.717, 1.165) is 37.7 Å². The van der Waals surface area contributed by atoms with Gasteiger partial charge < -0.3 is 25.2 Å². The van der Waals surface area contributed by atoms with Crippen molar-refractivity contribution in [2.24, 2.45) is 10.4 Å². The molecule has 3 N–H and O–H groups in total. The van der Waals surface area contributed by atoms with Crippen LogP contribution in [0.5, 0.6) is 5.75 Å². The van der Waals surface area contributed by atoms with Crippen LogP contribution in [0.4, 0.5) is 0 Å². The molecule has 0 bridgehead atoms. The topological polar surface area (TPSA) is 75.1 Å².